The van der Waals surface area contributed by atoms with Crippen LogP contribution in [0.25, 0.3) is 0 Å². The maximum atomic E-state index is 6.21. The molecule has 2 aromatic rings. The van der Waals surface area contributed by atoms with Gasteiger partial charge in [0.25, 0.3) is 0 Å². The highest BCUT2D eigenvalue weighted by Crippen LogP contribution is 2.26. The fourth-order valence-electron chi connectivity index (χ4n) is 2.03. The van der Waals surface area contributed by atoms with E-state index in [-0.39, 0.29) is 6.04 Å². The lowest BCUT2D eigenvalue weighted by Gasteiger charge is -2.10. The molecular formula is C13H18BrN3O. The van der Waals surface area contributed by atoms with Crippen LogP contribution >= 0.6 is 15.9 Å². The van der Waals surface area contributed by atoms with Gasteiger partial charge in [-0.25, -0.2) is 0 Å². The van der Waals surface area contributed by atoms with Crippen molar-refractivity contribution in [1.82, 2.24) is 9.78 Å². The predicted molar refractivity (Wildman–Crippen MR) is 74.4 cm³/mol. The van der Waals surface area contributed by atoms with Crippen molar-refractivity contribution in [2.45, 2.75) is 32.7 Å². The molecule has 1 unspecified atom stereocenters. The molecule has 2 aromatic heterocycles. The molecule has 0 bridgehead atoms. The number of halogens is 1. The Morgan fingerprint density at radius 1 is 1.56 bits per heavy atom. The highest BCUT2D eigenvalue weighted by molar-refractivity contribution is 9.10. The van der Waals surface area contributed by atoms with Crippen LogP contribution in [0.3, 0.4) is 0 Å². The van der Waals surface area contributed by atoms with Crippen molar-refractivity contribution >= 4 is 15.9 Å². The maximum absolute atomic E-state index is 6.21. The lowest BCUT2D eigenvalue weighted by molar-refractivity contribution is 0.527. The third-order valence-electron chi connectivity index (χ3n) is 3.10. The van der Waals surface area contributed by atoms with E-state index >= 15 is 0 Å². The molecule has 0 aliphatic rings. The van der Waals surface area contributed by atoms with E-state index in [9.17, 15) is 0 Å². The van der Waals surface area contributed by atoms with Crippen molar-refractivity contribution in [2.75, 3.05) is 0 Å². The largest absolute Gasteiger partial charge is 0.469 e. The van der Waals surface area contributed by atoms with Gasteiger partial charge in [0.2, 0.25) is 0 Å². The van der Waals surface area contributed by atoms with Crippen LogP contribution in [0.1, 0.15) is 35.7 Å². The summed E-state index contributed by atoms with van der Waals surface area (Å²) in [5.41, 5.74) is 9.43. The minimum atomic E-state index is -0.0705. The van der Waals surface area contributed by atoms with Crippen LogP contribution in [-0.2, 0) is 19.9 Å². The Morgan fingerprint density at radius 2 is 2.28 bits per heavy atom. The molecule has 4 nitrogen and oxygen atoms in total. The van der Waals surface area contributed by atoms with Crippen molar-refractivity contribution < 1.29 is 4.42 Å². The monoisotopic (exact) mass is 311 g/mol. The SMILES string of the molecule is CCc1nn(C)c(CC(N)c2coc(C)c2)c1Br. The van der Waals surface area contributed by atoms with Crippen LogP contribution in [0.15, 0.2) is 21.2 Å². The molecule has 2 heterocycles. The van der Waals surface area contributed by atoms with Gasteiger partial charge in [-0.2, -0.15) is 5.10 Å². The summed E-state index contributed by atoms with van der Waals surface area (Å²) in [6, 6.07) is 1.91. The summed E-state index contributed by atoms with van der Waals surface area (Å²) in [5, 5.41) is 4.47. The second kappa shape index (κ2) is 5.28. The molecule has 18 heavy (non-hydrogen) atoms. The Kier molecular flexibility index (Phi) is 3.92. The molecule has 0 radical (unpaired) electrons. The van der Waals surface area contributed by atoms with Crippen LogP contribution in [-0.4, -0.2) is 9.78 Å². The molecule has 0 saturated heterocycles. The molecule has 1 atom stereocenters. The molecule has 5 heteroatoms. The van der Waals surface area contributed by atoms with E-state index in [0.29, 0.717) is 0 Å². The predicted octanol–water partition coefficient (Wildman–Crippen LogP) is 2.89. The second-order valence-electron chi connectivity index (χ2n) is 4.49. The van der Waals surface area contributed by atoms with Gasteiger partial charge in [0.15, 0.2) is 0 Å². The average Bonchev–Trinajstić information content (AvgIpc) is 2.87. The summed E-state index contributed by atoms with van der Waals surface area (Å²) in [5.74, 6) is 0.888. The minimum Gasteiger partial charge on any atom is -0.469 e. The van der Waals surface area contributed by atoms with Gasteiger partial charge in [-0.1, -0.05) is 6.92 Å². The van der Waals surface area contributed by atoms with Gasteiger partial charge < -0.3 is 10.2 Å². The Labute approximate surface area is 115 Å². The first-order chi connectivity index (χ1) is 8.52. The number of hydrogen-bond donors (Lipinski definition) is 1. The van der Waals surface area contributed by atoms with Crippen molar-refractivity contribution in [3.8, 4) is 0 Å². The molecule has 0 amide bonds. The van der Waals surface area contributed by atoms with Gasteiger partial charge in [-0.15, -0.1) is 0 Å². The third-order valence-corrected chi connectivity index (χ3v) is 4.01. The molecular weight excluding hydrogens is 294 g/mol. The molecule has 0 fully saturated rings. The van der Waals surface area contributed by atoms with E-state index in [0.717, 1.165) is 40.0 Å². The summed E-state index contributed by atoms with van der Waals surface area (Å²) in [6.07, 6.45) is 3.38. The number of aryl methyl sites for hydroxylation is 3. The van der Waals surface area contributed by atoms with Gasteiger partial charge in [0.1, 0.15) is 5.76 Å². The Balaban J connectivity index is 2.21. The molecule has 0 spiro atoms. The lowest BCUT2D eigenvalue weighted by Crippen LogP contribution is -2.15. The highest BCUT2D eigenvalue weighted by Gasteiger charge is 2.17. The molecule has 0 aliphatic carbocycles. The quantitative estimate of drug-likeness (QED) is 0.944. The van der Waals surface area contributed by atoms with Crippen LogP contribution in [0.5, 0.6) is 0 Å². The van der Waals surface area contributed by atoms with E-state index in [2.05, 4.69) is 28.0 Å². The number of furan rings is 1. The number of nitrogens with two attached hydrogens (primary N) is 1. The number of hydrogen-bond acceptors (Lipinski definition) is 3. The zero-order valence-electron chi connectivity index (χ0n) is 10.9. The Morgan fingerprint density at radius 3 is 2.78 bits per heavy atom. The summed E-state index contributed by atoms with van der Waals surface area (Å²) < 4.78 is 8.27. The molecule has 98 valence electrons. The van der Waals surface area contributed by atoms with Gasteiger partial charge >= 0.3 is 0 Å². The fourth-order valence-corrected chi connectivity index (χ4v) is 2.80. The van der Waals surface area contributed by atoms with Gasteiger partial charge in [-0.05, 0) is 35.3 Å². The fraction of sp³-hybridized carbons (Fsp3) is 0.462. The number of aromatic nitrogens is 2. The maximum Gasteiger partial charge on any atom is 0.101 e. The van der Waals surface area contributed by atoms with Crippen molar-refractivity contribution in [1.29, 1.82) is 0 Å². The van der Waals surface area contributed by atoms with Crippen molar-refractivity contribution in [2.24, 2.45) is 12.8 Å². The zero-order valence-corrected chi connectivity index (χ0v) is 12.5. The Bertz CT molecular complexity index is 544. The Hall–Kier alpha value is -1.07. The van der Waals surface area contributed by atoms with Gasteiger partial charge in [0.05, 0.1) is 22.1 Å². The van der Waals surface area contributed by atoms with Crippen LogP contribution < -0.4 is 5.73 Å². The number of rotatable bonds is 4. The van der Waals surface area contributed by atoms with Crippen LogP contribution in [0, 0.1) is 6.92 Å². The first-order valence-corrected chi connectivity index (χ1v) is 6.83. The van der Waals surface area contributed by atoms with Gasteiger partial charge in [-0.3, -0.25) is 4.68 Å². The second-order valence-corrected chi connectivity index (χ2v) is 5.28. The molecule has 0 aromatic carbocycles. The van der Waals surface area contributed by atoms with E-state index in [1.807, 2.05) is 24.7 Å². The molecule has 0 saturated carbocycles. The standard InChI is InChI=1S/C13H18BrN3O/c1-4-11-13(14)12(17(3)16-11)6-10(15)9-5-8(2)18-7-9/h5,7,10H,4,6,15H2,1-3H3. The first kappa shape index (κ1) is 13.4. The summed E-state index contributed by atoms with van der Waals surface area (Å²) in [6.45, 7) is 4.02. The molecule has 2 rings (SSSR count). The average molecular weight is 312 g/mol. The smallest absolute Gasteiger partial charge is 0.101 e. The van der Waals surface area contributed by atoms with E-state index < -0.39 is 0 Å². The molecule has 0 aliphatic heterocycles. The van der Waals surface area contributed by atoms with Crippen LogP contribution in [0.2, 0.25) is 0 Å². The lowest BCUT2D eigenvalue weighted by atomic mass is 10.1. The first-order valence-electron chi connectivity index (χ1n) is 6.03. The normalized spacial score (nSPS) is 12.9. The van der Waals surface area contributed by atoms with Crippen molar-refractivity contribution in [3.63, 3.8) is 0 Å². The highest BCUT2D eigenvalue weighted by atomic mass is 79.9. The topological polar surface area (TPSA) is 57.0 Å². The van der Waals surface area contributed by atoms with E-state index in [1.54, 1.807) is 6.26 Å². The van der Waals surface area contributed by atoms with Gasteiger partial charge in [0, 0.05) is 25.1 Å². The summed E-state index contributed by atoms with van der Waals surface area (Å²) in [4.78, 5) is 0. The number of nitrogens with zero attached hydrogens (tertiary/aromatic N) is 2. The van der Waals surface area contributed by atoms with E-state index in [1.165, 1.54) is 0 Å². The van der Waals surface area contributed by atoms with E-state index in [4.69, 9.17) is 10.2 Å². The summed E-state index contributed by atoms with van der Waals surface area (Å²) >= 11 is 3.61. The summed E-state index contributed by atoms with van der Waals surface area (Å²) in [7, 11) is 1.95. The minimum absolute atomic E-state index is 0.0705. The third kappa shape index (κ3) is 2.52. The molecule has 2 N–H and O–H groups in total. The van der Waals surface area contributed by atoms with Crippen molar-refractivity contribution in [3.05, 3.63) is 39.5 Å². The van der Waals surface area contributed by atoms with Crippen LogP contribution in [0.4, 0.5) is 0 Å². The zero-order chi connectivity index (χ0) is 13.3.